The van der Waals surface area contributed by atoms with Crippen LogP contribution in [-0.2, 0) is 0 Å². The van der Waals surface area contributed by atoms with Crippen molar-refractivity contribution in [3.63, 3.8) is 0 Å². The molecule has 0 atom stereocenters. The lowest BCUT2D eigenvalue weighted by atomic mass is 10.1. The first-order chi connectivity index (χ1) is 7.66. The first-order valence-corrected chi connectivity index (χ1v) is 4.92. The number of hydrogen-bond acceptors (Lipinski definition) is 3. The molecule has 0 aliphatic carbocycles. The van der Waals surface area contributed by atoms with Gasteiger partial charge in [0.05, 0.1) is 0 Å². The second kappa shape index (κ2) is 4.14. The molecule has 80 valence electrons. The lowest BCUT2D eigenvalue weighted by molar-refractivity contribution is 0.471. The lowest BCUT2D eigenvalue weighted by Gasteiger charge is -1.99. The van der Waals surface area contributed by atoms with Crippen molar-refractivity contribution in [3.8, 4) is 16.9 Å². The van der Waals surface area contributed by atoms with Gasteiger partial charge in [-0.1, -0.05) is 12.1 Å². The van der Waals surface area contributed by atoms with E-state index in [-0.39, 0.29) is 11.2 Å². The van der Waals surface area contributed by atoms with Crippen LogP contribution in [0.3, 0.4) is 0 Å². The van der Waals surface area contributed by atoms with E-state index in [2.05, 4.69) is 4.98 Å². The third-order valence-corrected chi connectivity index (χ3v) is 2.28. The number of nitrogens with zero attached hydrogens (tertiary/aromatic N) is 1. The zero-order valence-corrected chi connectivity index (χ0v) is 8.84. The molecule has 1 N–H and O–H groups in total. The molecule has 0 aliphatic heterocycles. The fraction of sp³-hybridized carbons (Fsp3) is 0.0769. The van der Waals surface area contributed by atoms with Gasteiger partial charge in [-0.3, -0.25) is 9.78 Å². The Balaban J connectivity index is 2.62. The summed E-state index contributed by atoms with van der Waals surface area (Å²) in [5.41, 5.74) is 2.31. The van der Waals surface area contributed by atoms with E-state index in [4.69, 9.17) is 0 Å². The highest BCUT2D eigenvalue weighted by atomic mass is 16.3. The Morgan fingerprint density at radius 2 is 1.94 bits per heavy atom. The molecule has 16 heavy (non-hydrogen) atoms. The maximum atomic E-state index is 11.2. The normalized spacial score (nSPS) is 10.1. The van der Waals surface area contributed by atoms with E-state index >= 15 is 0 Å². The van der Waals surface area contributed by atoms with Gasteiger partial charge in [0.15, 0.2) is 5.75 Å². The van der Waals surface area contributed by atoms with Crippen LogP contribution in [0.2, 0.25) is 0 Å². The fourth-order valence-electron chi connectivity index (χ4n) is 1.48. The minimum atomic E-state index is -0.383. The summed E-state index contributed by atoms with van der Waals surface area (Å²) in [5, 5.41) is 9.46. The van der Waals surface area contributed by atoms with Gasteiger partial charge in [-0.25, -0.2) is 0 Å². The predicted molar refractivity (Wildman–Crippen MR) is 62.3 cm³/mol. The molecule has 0 fully saturated rings. The molecule has 0 unspecified atom stereocenters. The van der Waals surface area contributed by atoms with E-state index < -0.39 is 0 Å². The Labute approximate surface area is 93.0 Å². The van der Waals surface area contributed by atoms with Crippen LogP contribution in [0.15, 0.2) is 47.5 Å². The number of aromatic hydroxyl groups is 1. The minimum Gasteiger partial charge on any atom is -0.504 e. The molecule has 3 nitrogen and oxygen atoms in total. The van der Waals surface area contributed by atoms with E-state index in [0.29, 0.717) is 0 Å². The maximum Gasteiger partial charge on any atom is 0.220 e. The summed E-state index contributed by atoms with van der Waals surface area (Å²) in [6.45, 7) is 1.94. The van der Waals surface area contributed by atoms with Crippen molar-refractivity contribution in [2.75, 3.05) is 0 Å². The second-order valence-electron chi connectivity index (χ2n) is 3.63. The molecule has 0 saturated carbocycles. The van der Waals surface area contributed by atoms with Crippen molar-refractivity contribution < 1.29 is 5.11 Å². The Morgan fingerprint density at radius 1 is 1.12 bits per heavy atom. The highest BCUT2D eigenvalue weighted by Gasteiger charge is 2.00. The van der Waals surface area contributed by atoms with Gasteiger partial charge in [-0.15, -0.1) is 0 Å². The van der Waals surface area contributed by atoms with E-state index in [1.807, 2.05) is 13.0 Å². The van der Waals surface area contributed by atoms with Crippen LogP contribution < -0.4 is 5.43 Å². The Morgan fingerprint density at radius 3 is 2.69 bits per heavy atom. The SMILES string of the molecule is Cc1cncc(-c2cccc(=O)c(O)c2)c1. The quantitative estimate of drug-likeness (QED) is 0.789. The zero-order valence-electron chi connectivity index (χ0n) is 8.84. The fourth-order valence-corrected chi connectivity index (χ4v) is 1.48. The highest BCUT2D eigenvalue weighted by molar-refractivity contribution is 5.63. The number of hydrogen-bond donors (Lipinski definition) is 1. The van der Waals surface area contributed by atoms with Gasteiger partial charge in [0, 0.05) is 18.0 Å². The predicted octanol–water partition coefficient (Wildman–Crippen LogP) is 2.12. The van der Waals surface area contributed by atoms with Gasteiger partial charge in [0.25, 0.3) is 0 Å². The molecule has 0 radical (unpaired) electrons. The lowest BCUT2D eigenvalue weighted by Crippen LogP contribution is -1.91. The van der Waals surface area contributed by atoms with Crippen LogP contribution >= 0.6 is 0 Å². The van der Waals surface area contributed by atoms with Crippen LogP contribution in [0, 0.1) is 6.92 Å². The molecule has 0 saturated heterocycles. The summed E-state index contributed by atoms with van der Waals surface area (Å²) >= 11 is 0. The van der Waals surface area contributed by atoms with Gasteiger partial charge < -0.3 is 5.11 Å². The highest BCUT2D eigenvalue weighted by Crippen LogP contribution is 2.20. The number of pyridine rings is 1. The first kappa shape index (κ1) is 10.4. The third-order valence-electron chi connectivity index (χ3n) is 2.28. The van der Waals surface area contributed by atoms with Crippen molar-refractivity contribution in [1.29, 1.82) is 0 Å². The Bertz CT molecular complexity index is 579. The molecule has 0 amide bonds. The van der Waals surface area contributed by atoms with Crippen molar-refractivity contribution >= 4 is 0 Å². The topological polar surface area (TPSA) is 50.2 Å². The molecule has 1 aromatic heterocycles. The molecule has 0 aliphatic rings. The molecular weight excluding hydrogens is 202 g/mol. The molecule has 1 heterocycles. The molecular formula is C13H11NO2. The van der Waals surface area contributed by atoms with Crippen molar-refractivity contribution in [2.24, 2.45) is 0 Å². The van der Waals surface area contributed by atoms with E-state index in [1.165, 1.54) is 12.1 Å². The Kier molecular flexibility index (Phi) is 2.68. The van der Waals surface area contributed by atoms with Gasteiger partial charge in [0.2, 0.25) is 5.43 Å². The maximum absolute atomic E-state index is 11.2. The van der Waals surface area contributed by atoms with Crippen LogP contribution in [0.5, 0.6) is 5.75 Å². The largest absolute Gasteiger partial charge is 0.504 e. The number of rotatable bonds is 1. The van der Waals surface area contributed by atoms with Gasteiger partial charge in [-0.2, -0.15) is 0 Å². The van der Waals surface area contributed by atoms with Crippen molar-refractivity contribution in [2.45, 2.75) is 6.92 Å². The van der Waals surface area contributed by atoms with Gasteiger partial charge in [0.1, 0.15) is 0 Å². The van der Waals surface area contributed by atoms with Gasteiger partial charge in [-0.05, 0) is 36.2 Å². The molecule has 0 spiro atoms. The monoisotopic (exact) mass is 213 g/mol. The van der Waals surface area contributed by atoms with E-state index in [0.717, 1.165) is 16.7 Å². The zero-order chi connectivity index (χ0) is 11.5. The van der Waals surface area contributed by atoms with Gasteiger partial charge >= 0.3 is 0 Å². The summed E-state index contributed by atoms with van der Waals surface area (Å²) in [4.78, 5) is 15.3. The van der Waals surface area contributed by atoms with E-state index in [9.17, 15) is 9.90 Å². The minimum absolute atomic E-state index is 0.249. The molecule has 2 aromatic rings. The summed E-state index contributed by atoms with van der Waals surface area (Å²) in [7, 11) is 0. The third kappa shape index (κ3) is 2.08. The molecule has 2 rings (SSSR count). The van der Waals surface area contributed by atoms with Crippen LogP contribution in [0.25, 0.3) is 11.1 Å². The number of aromatic nitrogens is 1. The van der Waals surface area contributed by atoms with E-state index in [1.54, 1.807) is 24.5 Å². The second-order valence-corrected chi connectivity index (χ2v) is 3.63. The number of aryl methyl sites for hydroxylation is 1. The first-order valence-electron chi connectivity index (χ1n) is 4.92. The van der Waals surface area contributed by atoms with Crippen LogP contribution in [0.1, 0.15) is 5.56 Å². The van der Waals surface area contributed by atoms with Crippen LogP contribution in [0.4, 0.5) is 0 Å². The summed E-state index contributed by atoms with van der Waals surface area (Å²) in [6.07, 6.45) is 3.46. The average molecular weight is 213 g/mol. The van der Waals surface area contributed by atoms with Crippen LogP contribution in [-0.4, -0.2) is 10.1 Å². The molecule has 0 bridgehead atoms. The van der Waals surface area contributed by atoms with Crippen molar-refractivity contribution in [3.05, 3.63) is 58.5 Å². The summed E-state index contributed by atoms with van der Waals surface area (Å²) in [5.74, 6) is -0.249. The van der Waals surface area contributed by atoms with Crippen molar-refractivity contribution in [1.82, 2.24) is 4.98 Å². The smallest absolute Gasteiger partial charge is 0.220 e. The Hall–Kier alpha value is -2.16. The summed E-state index contributed by atoms with van der Waals surface area (Å²) < 4.78 is 0. The standard InChI is InChI=1S/C13H11NO2/c1-9-5-11(8-14-7-9)10-3-2-4-12(15)13(16)6-10/h2-8H,1H3,(H,15,16). The average Bonchev–Trinajstić information content (AvgIpc) is 2.42. The molecule has 1 aromatic carbocycles. The summed E-state index contributed by atoms with van der Waals surface area (Å²) in [6, 6.07) is 8.14. The molecule has 3 heteroatoms.